The molecule has 1 N–H and O–H groups in total. The molecule has 10 aromatic rings. The zero-order chi connectivity index (χ0) is 38.4. The molecule has 12 rings (SSSR count). The third kappa shape index (κ3) is 4.56. The first-order chi connectivity index (χ1) is 27.7. The Morgan fingerprint density at radius 2 is 1.23 bits per heavy atom. The van der Waals surface area contributed by atoms with E-state index >= 15 is 0 Å². The Balaban J connectivity index is 1.20. The SMILES string of the molecule is Cc1cc2c(cc1Nc1ccc3c(oc4ccccc43)c1-c1c3c(cc4ccccc14)-n1c4c(cccc4c4ccc5ccccc5c41)[B]3)C(C)(C)CCC2(C)C. The van der Waals surface area contributed by atoms with Gasteiger partial charge in [-0.1, -0.05) is 136 Å². The summed E-state index contributed by atoms with van der Waals surface area (Å²) in [5, 5.41) is 13.8. The van der Waals surface area contributed by atoms with Crippen LogP contribution in [0.25, 0.3) is 82.1 Å². The smallest absolute Gasteiger partial charge is 0.197 e. The second-order valence-electron chi connectivity index (χ2n) is 17.9. The number of nitrogens with one attached hydrogen (secondary N) is 1. The molecule has 2 aromatic heterocycles. The van der Waals surface area contributed by atoms with Crippen LogP contribution in [-0.4, -0.2) is 11.8 Å². The number of hydrogen-bond donors (Lipinski definition) is 1. The summed E-state index contributed by atoms with van der Waals surface area (Å²) in [4.78, 5) is 0. The second-order valence-corrected chi connectivity index (χ2v) is 17.9. The fourth-order valence-electron chi connectivity index (χ4n) is 10.5. The van der Waals surface area contributed by atoms with Crippen LogP contribution in [0.3, 0.4) is 0 Å². The van der Waals surface area contributed by atoms with Crippen molar-refractivity contribution in [2.75, 3.05) is 5.32 Å². The molecule has 273 valence electrons. The average Bonchev–Trinajstić information content (AvgIpc) is 3.77. The van der Waals surface area contributed by atoms with Crippen molar-refractivity contribution in [1.82, 2.24) is 4.57 Å². The minimum atomic E-state index is 0.0899. The van der Waals surface area contributed by atoms with Crippen LogP contribution in [0.2, 0.25) is 0 Å². The van der Waals surface area contributed by atoms with Gasteiger partial charge in [0.2, 0.25) is 0 Å². The molecule has 0 atom stereocenters. The first kappa shape index (κ1) is 32.9. The molecule has 8 aromatic carbocycles. The van der Waals surface area contributed by atoms with E-state index < -0.39 is 0 Å². The maximum atomic E-state index is 7.02. The molecule has 1 aliphatic carbocycles. The molecular weight excluding hydrogens is 691 g/mol. The molecular formula is C53H42BN2O. The molecule has 2 aliphatic rings. The average molecular weight is 734 g/mol. The Kier molecular flexibility index (Phi) is 6.60. The number of benzene rings is 8. The number of rotatable bonds is 3. The zero-order valence-electron chi connectivity index (χ0n) is 33.0. The monoisotopic (exact) mass is 733 g/mol. The van der Waals surface area contributed by atoms with Crippen LogP contribution >= 0.6 is 0 Å². The summed E-state index contributed by atoms with van der Waals surface area (Å²) < 4.78 is 9.57. The lowest BCUT2D eigenvalue weighted by Crippen LogP contribution is -2.37. The summed E-state index contributed by atoms with van der Waals surface area (Å²) >= 11 is 0. The molecule has 0 spiro atoms. The van der Waals surface area contributed by atoms with E-state index in [-0.39, 0.29) is 10.8 Å². The number of fused-ring (bicyclic) bond motifs is 12. The largest absolute Gasteiger partial charge is 0.455 e. The van der Waals surface area contributed by atoms with Crippen molar-refractivity contribution >= 4 is 94.9 Å². The second kappa shape index (κ2) is 11.4. The van der Waals surface area contributed by atoms with Gasteiger partial charge in [0.25, 0.3) is 0 Å². The van der Waals surface area contributed by atoms with Gasteiger partial charge in [-0.15, -0.1) is 0 Å². The number of hydrogen-bond acceptors (Lipinski definition) is 2. The van der Waals surface area contributed by atoms with Crippen LogP contribution in [0.15, 0.2) is 138 Å². The van der Waals surface area contributed by atoms with Crippen LogP contribution < -0.4 is 16.2 Å². The van der Waals surface area contributed by atoms with Gasteiger partial charge in [0, 0.05) is 49.4 Å². The fraction of sp³-hybridized carbons (Fsp3) is 0.170. The van der Waals surface area contributed by atoms with Gasteiger partial charge in [0.1, 0.15) is 11.2 Å². The fourth-order valence-corrected chi connectivity index (χ4v) is 10.5. The number of aromatic nitrogens is 1. The molecule has 0 bridgehead atoms. The van der Waals surface area contributed by atoms with Crippen molar-refractivity contribution in [2.24, 2.45) is 0 Å². The van der Waals surface area contributed by atoms with E-state index in [1.165, 1.54) is 95.1 Å². The number of aryl methyl sites for hydroxylation is 1. The summed E-state index contributed by atoms with van der Waals surface area (Å²) in [6.45, 7) is 11.9. The molecule has 0 unspecified atom stereocenters. The Morgan fingerprint density at radius 1 is 0.561 bits per heavy atom. The van der Waals surface area contributed by atoms with Crippen molar-refractivity contribution in [2.45, 2.75) is 58.3 Å². The summed E-state index contributed by atoms with van der Waals surface area (Å²) in [5.74, 6) is 0. The van der Waals surface area contributed by atoms with E-state index in [4.69, 9.17) is 4.42 Å². The normalized spacial score (nSPS) is 15.4. The predicted octanol–water partition coefficient (Wildman–Crippen LogP) is 13.0. The highest BCUT2D eigenvalue weighted by molar-refractivity contribution is 6.74. The van der Waals surface area contributed by atoms with Gasteiger partial charge in [0.15, 0.2) is 7.28 Å². The summed E-state index contributed by atoms with van der Waals surface area (Å²) in [7, 11) is 2.43. The summed E-state index contributed by atoms with van der Waals surface area (Å²) in [5.41, 5.74) is 16.8. The van der Waals surface area contributed by atoms with Gasteiger partial charge in [-0.2, -0.15) is 0 Å². The van der Waals surface area contributed by atoms with Gasteiger partial charge in [0.05, 0.1) is 11.2 Å². The molecule has 4 heteroatoms. The van der Waals surface area contributed by atoms with Crippen molar-refractivity contribution < 1.29 is 4.42 Å². The number of furan rings is 1. The number of para-hydroxylation sites is 2. The highest BCUT2D eigenvalue weighted by Gasteiger charge is 2.38. The van der Waals surface area contributed by atoms with E-state index in [0.29, 0.717) is 0 Å². The highest BCUT2D eigenvalue weighted by atomic mass is 16.3. The van der Waals surface area contributed by atoms with Crippen molar-refractivity contribution in [3.05, 3.63) is 150 Å². The van der Waals surface area contributed by atoms with E-state index in [0.717, 1.165) is 38.9 Å². The third-order valence-electron chi connectivity index (χ3n) is 13.6. The van der Waals surface area contributed by atoms with E-state index in [1.807, 2.05) is 0 Å². The summed E-state index contributed by atoms with van der Waals surface area (Å²) in [6, 6.07) is 49.4. The Labute approximate surface area is 333 Å². The molecule has 0 fully saturated rings. The molecule has 0 saturated heterocycles. The van der Waals surface area contributed by atoms with E-state index in [9.17, 15) is 0 Å². The van der Waals surface area contributed by atoms with Gasteiger partial charge >= 0.3 is 0 Å². The lowest BCUT2D eigenvalue weighted by atomic mass is 9.58. The molecule has 0 saturated carbocycles. The minimum Gasteiger partial charge on any atom is -0.455 e. The van der Waals surface area contributed by atoms with Crippen molar-refractivity contribution in [1.29, 1.82) is 0 Å². The van der Waals surface area contributed by atoms with Crippen molar-refractivity contribution in [3.63, 3.8) is 0 Å². The van der Waals surface area contributed by atoms with Crippen molar-refractivity contribution in [3.8, 4) is 16.8 Å². The molecule has 0 amide bonds. The van der Waals surface area contributed by atoms with Crippen LogP contribution in [0.4, 0.5) is 11.4 Å². The maximum absolute atomic E-state index is 7.02. The third-order valence-corrected chi connectivity index (χ3v) is 13.6. The zero-order valence-corrected chi connectivity index (χ0v) is 33.0. The molecule has 1 aliphatic heterocycles. The topological polar surface area (TPSA) is 30.1 Å². The molecule has 3 nitrogen and oxygen atoms in total. The van der Waals surface area contributed by atoms with Crippen LogP contribution in [0.1, 0.15) is 57.2 Å². The van der Waals surface area contributed by atoms with E-state index in [1.54, 1.807) is 0 Å². The van der Waals surface area contributed by atoms with Crippen LogP contribution in [-0.2, 0) is 10.8 Å². The Morgan fingerprint density at radius 3 is 2.05 bits per heavy atom. The first-order valence-corrected chi connectivity index (χ1v) is 20.4. The number of nitrogens with zero attached hydrogens (tertiary/aromatic N) is 1. The Bertz CT molecular complexity index is 3380. The first-order valence-electron chi connectivity index (χ1n) is 20.4. The lowest BCUT2D eigenvalue weighted by molar-refractivity contribution is 0.332. The van der Waals surface area contributed by atoms with Gasteiger partial charge < -0.3 is 14.3 Å². The standard InChI is InChI=1S/C53H42BN2O/c1-30-27-39-40(53(4,5)26-25-52(39,2)3)29-43(30)55-42-24-23-38-35-17-10-11-20-45(35)57-51(38)47(42)46-33-15-8-7-14-32(33)28-44-48(46)54-41-19-12-18-36-37-22-21-31-13-6-9-16-34(31)49(37)56(44)50(36)41/h6-24,27-29,55H,25-26H2,1-5H3. The molecule has 3 heterocycles. The highest BCUT2D eigenvalue weighted by Crippen LogP contribution is 2.49. The lowest BCUT2D eigenvalue weighted by Gasteiger charge is -2.42. The van der Waals surface area contributed by atoms with Gasteiger partial charge in [-0.3, -0.25) is 0 Å². The quantitative estimate of drug-likeness (QED) is 0.183. The van der Waals surface area contributed by atoms with E-state index in [2.05, 4.69) is 185 Å². The predicted molar refractivity (Wildman–Crippen MR) is 243 cm³/mol. The Hall–Kier alpha value is -6.26. The summed E-state index contributed by atoms with van der Waals surface area (Å²) in [6.07, 6.45) is 2.36. The minimum absolute atomic E-state index is 0.0899. The maximum Gasteiger partial charge on any atom is 0.197 e. The molecule has 1 radical (unpaired) electrons. The number of anilines is 2. The van der Waals surface area contributed by atoms with Crippen LogP contribution in [0, 0.1) is 6.92 Å². The molecule has 57 heavy (non-hydrogen) atoms. The van der Waals surface area contributed by atoms with Gasteiger partial charge in [-0.25, -0.2) is 0 Å². The van der Waals surface area contributed by atoms with Gasteiger partial charge in [-0.05, 0) is 105 Å². The van der Waals surface area contributed by atoms with Crippen LogP contribution in [0.5, 0.6) is 0 Å².